The van der Waals surface area contributed by atoms with Crippen LogP contribution in [0.1, 0.15) is 36.8 Å². The molecule has 0 amide bonds. The molecule has 0 bridgehead atoms. The van der Waals surface area contributed by atoms with E-state index in [1.807, 2.05) is 26.0 Å². The molecule has 3 rings (SSSR count). The van der Waals surface area contributed by atoms with Crippen molar-refractivity contribution in [3.63, 3.8) is 0 Å². The molecule has 0 atom stereocenters. The van der Waals surface area contributed by atoms with Crippen molar-refractivity contribution in [3.05, 3.63) is 29.3 Å². The molecule has 5 nitrogen and oxygen atoms in total. The van der Waals surface area contributed by atoms with Crippen LogP contribution in [0.5, 0.6) is 0 Å². The van der Waals surface area contributed by atoms with Gasteiger partial charge >= 0.3 is 0 Å². The number of nitrogens with one attached hydrogen (secondary N) is 1. The number of hydrogen-bond acceptors (Lipinski definition) is 4. The predicted octanol–water partition coefficient (Wildman–Crippen LogP) is 2.47. The Morgan fingerprint density at radius 2 is 1.80 bits per heavy atom. The first-order chi connectivity index (χ1) is 12.0. The maximum Gasteiger partial charge on any atom is 0.240 e. The monoisotopic (exact) mass is 366 g/mol. The van der Waals surface area contributed by atoms with Crippen LogP contribution < -0.4 is 4.72 Å². The number of sulfonamides is 1. The molecule has 0 spiro atoms. The standard InChI is InChI=1S/C19H30N2O3S/c1-15-3-4-16(2)19(13-15)25(22,23)20-14-17-5-9-21(10-6-17)18-7-11-24-12-8-18/h3-4,13,17-18,20H,5-12,14H2,1-2H3. The van der Waals surface area contributed by atoms with E-state index in [-0.39, 0.29) is 0 Å². The summed E-state index contributed by atoms with van der Waals surface area (Å²) in [6.07, 6.45) is 4.38. The molecule has 1 aromatic rings. The van der Waals surface area contributed by atoms with Gasteiger partial charge in [-0.2, -0.15) is 0 Å². The zero-order chi connectivity index (χ0) is 17.9. The number of benzene rings is 1. The fraction of sp³-hybridized carbons (Fsp3) is 0.684. The van der Waals surface area contributed by atoms with Crippen LogP contribution in [0.2, 0.25) is 0 Å². The Balaban J connectivity index is 1.51. The van der Waals surface area contributed by atoms with Crippen LogP contribution in [0.25, 0.3) is 0 Å². The predicted molar refractivity (Wildman–Crippen MR) is 99.2 cm³/mol. The second-order valence-electron chi connectivity index (χ2n) is 7.44. The van der Waals surface area contributed by atoms with E-state index in [4.69, 9.17) is 4.74 Å². The first-order valence-corrected chi connectivity index (χ1v) is 10.8. The Bertz CT molecular complexity index is 676. The van der Waals surface area contributed by atoms with Gasteiger partial charge in [-0.3, -0.25) is 0 Å². The SMILES string of the molecule is Cc1ccc(C)c(S(=O)(=O)NCC2CCN(C3CCOCC3)CC2)c1. The summed E-state index contributed by atoms with van der Waals surface area (Å²) in [5.41, 5.74) is 1.77. The second kappa shape index (κ2) is 8.16. The summed E-state index contributed by atoms with van der Waals surface area (Å²) < 4.78 is 33.5. The molecule has 25 heavy (non-hydrogen) atoms. The van der Waals surface area contributed by atoms with Crippen LogP contribution >= 0.6 is 0 Å². The first kappa shape index (κ1) is 18.8. The Kier molecular flexibility index (Phi) is 6.15. The summed E-state index contributed by atoms with van der Waals surface area (Å²) in [6.45, 7) is 8.20. The van der Waals surface area contributed by atoms with Crippen LogP contribution in [-0.4, -0.2) is 52.2 Å². The highest BCUT2D eigenvalue weighted by Crippen LogP contribution is 2.23. The van der Waals surface area contributed by atoms with Crippen molar-refractivity contribution in [2.75, 3.05) is 32.8 Å². The number of nitrogens with zero attached hydrogens (tertiary/aromatic N) is 1. The molecule has 6 heteroatoms. The maximum atomic E-state index is 12.6. The van der Waals surface area contributed by atoms with E-state index < -0.39 is 10.0 Å². The normalized spacial score (nSPS) is 21.5. The van der Waals surface area contributed by atoms with E-state index in [0.717, 1.165) is 63.1 Å². The van der Waals surface area contributed by atoms with Crippen LogP contribution in [0.4, 0.5) is 0 Å². The van der Waals surface area contributed by atoms with Crippen LogP contribution in [-0.2, 0) is 14.8 Å². The minimum Gasteiger partial charge on any atom is -0.381 e. The molecule has 140 valence electrons. The zero-order valence-corrected chi connectivity index (χ0v) is 16.1. The summed E-state index contributed by atoms with van der Waals surface area (Å²) in [5.74, 6) is 0.427. The molecular weight excluding hydrogens is 336 g/mol. The van der Waals surface area contributed by atoms with Gasteiger partial charge in [-0.25, -0.2) is 13.1 Å². The van der Waals surface area contributed by atoms with Gasteiger partial charge in [-0.15, -0.1) is 0 Å². The van der Waals surface area contributed by atoms with Gasteiger partial charge in [-0.05, 0) is 75.7 Å². The van der Waals surface area contributed by atoms with Gasteiger partial charge in [0.25, 0.3) is 0 Å². The zero-order valence-electron chi connectivity index (χ0n) is 15.3. The number of rotatable bonds is 5. The highest BCUT2D eigenvalue weighted by molar-refractivity contribution is 7.89. The Morgan fingerprint density at radius 3 is 2.48 bits per heavy atom. The third-order valence-electron chi connectivity index (χ3n) is 5.55. The molecule has 2 heterocycles. The Hall–Kier alpha value is -0.950. The van der Waals surface area contributed by atoms with Crippen LogP contribution in [0.15, 0.2) is 23.1 Å². The van der Waals surface area contributed by atoms with E-state index in [2.05, 4.69) is 9.62 Å². The molecule has 1 N–H and O–H groups in total. The minimum atomic E-state index is -3.43. The summed E-state index contributed by atoms with van der Waals surface area (Å²) in [6, 6.07) is 6.23. The van der Waals surface area contributed by atoms with E-state index in [1.54, 1.807) is 6.07 Å². The molecule has 0 radical (unpaired) electrons. The molecular formula is C19H30N2O3S. The first-order valence-electron chi connectivity index (χ1n) is 9.34. The summed E-state index contributed by atoms with van der Waals surface area (Å²) >= 11 is 0. The van der Waals surface area contributed by atoms with Crippen molar-refractivity contribution in [1.82, 2.24) is 9.62 Å². The highest BCUT2D eigenvalue weighted by atomic mass is 32.2. The van der Waals surface area contributed by atoms with Gasteiger partial charge in [0.15, 0.2) is 0 Å². The molecule has 2 fully saturated rings. The highest BCUT2D eigenvalue weighted by Gasteiger charge is 2.27. The lowest BCUT2D eigenvalue weighted by Crippen LogP contribution is -2.45. The average molecular weight is 367 g/mol. The number of ether oxygens (including phenoxy) is 1. The van der Waals surface area contributed by atoms with Gasteiger partial charge in [0.2, 0.25) is 10.0 Å². The molecule has 2 saturated heterocycles. The smallest absolute Gasteiger partial charge is 0.240 e. The molecule has 2 aliphatic heterocycles. The quantitative estimate of drug-likeness (QED) is 0.870. The minimum absolute atomic E-state index is 0.409. The van der Waals surface area contributed by atoms with Crippen molar-refractivity contribution in [1.29, 1.82) is 0 Å². The maximum absolute atomic E-state index is 12.6. The molecule has 0 aliphatic carbocycles. The lowest BCUT2D eigenvalue weighted by Gasteiger charge is -2.39. The summed E-state index contributed by atoms with van der Waals surface area (Å²) in [4.78, 5) is 2.98. The fourth-order valence-corrected chi connectivity index (χ4v) is 5.32. The van der Waals surface area contributed by atoms with Gasteiger partial charge in [0, 0.05) is 25.8 Å². The number of aryl methyl sites for hydroxylation is 2. The Labute approximate surface area is 151 Å². The third kappa shape index (κ3) is 4.82. The lowest BCUT2D eigenvalue weighted by atomic mass is 9.94. The topological polar surface area (TPSA) is 58.6 Å². The molecule has 0 saturated carbocycles. The van der Waals surface area contributed by atoms with Crippen LogP contribution in [0, 0.1) is 19.8 Å². The van der Waals surface area contributed by atoms with Crippen molar-refractivity contribution in [3.8, 4) is 0 Å². The van der Waals surface area contributed by atoms with Crippen molar-refractivity contribution in [2.45, 2.75) is 50.5 Å². The third-order valence-corrected chi connectivity index (χ3v) is 7.12. The molecule has 2 aliphatic rings. The average Bonchev–Trinajstić information content (AvgIpc) is 2.63. The number of piperidine rings is 1. The van der Waals surface area contributed by atoms with Gasteiger partial charge in [-0.1, -0.05) is 12.1 Å². The van der Waals surface area contributed by atoms with Gasteiger partial charge in [0.05, 0.1) is 4.90 Å². The summed E-state index contributed by atoms with van der Waals surface area (Å²) in [5, 5.41) is 0. The van der Waals surface area contributed by atoms with E-state index in [9.17, 15) is 8.42 Å². The van der Waals surface area contributed by atoms with Crippen molar-refractivity contribution >= 4 is 10.0 Å². The van der Waals surface area contributed by atoms with Crippen molar-refractivity contribution < 1.29 is 13.2 Å². The van der Waals surface area contributed by atoms with E-state index >= 15 is 0 Å². The number of likely N-dealkylation sites (tertiary alicyclic amines) is 1. The second-order valence-corrected chi connectivity index (χ2v) is 9.18. The van der Waals surface area contributed by atoms with Gasteiger partial charge in [0.1, 0.15) is 0 Å². The largest absolute Gasteiger partial charge is 0.381 e. The molecule has 0 aromatic heterocycles. The molecule has 0 unspecified atom stereocenters. The number of hydrogen-bond donors (Lipinski definition) is 1. The van der Waals surface area contributed by atoms with Crippen LogP contribution in [0.3, 0.4) is 0 Å². The lowest BCUT2D eigenvalue weighted by molar-refractivity contribution is 0.0214. The molecule has 1 aromatic carbocycles. The van der Waals surface area contributed by atoms with E-state index in [1.165, 1.54) is 0 Å². The summed E-state index contributed by atoms with van der Waals surface area (Å²) in [7, 11) is -3.43. The van der Waals surface area contributed by atoms with E-state index in [0.29, 0.717) is 23.4 Å². The fourth-order valence-electron chi connectivity index (χ4n) is 3.87. The Morgan fingerprint density at radius 1 is 1.12 bits per heavy atom. The van der Waals surface area contributed by atoms with Gasteiger partial charge < -0.3 is 9.64 Å². The van der Waals surface area contributed by atoms with Crippen molar-refractivity contribution in [2.24, 2.45) is 5.92 Å².